The highest BCUT2D eigenvalue weighted by Crippen LogP contribution is 2.28. The van der Waals surface area contributed by atoms with Crippen LogP contribution in [0.4, 0.5) is 0 Å². The highest BCUT2D eigenvalue weighted by molar-refractivity contribution is 8.00. The van der Waals surface area contributed by atoms with E-state index in [4.69, 9.17) is 16.6 Å². The molecule has 0 N–H and O–H groups in total. The molecule has 3 aliphatic carbocycles. The average molecular weight is 697 g/mol. The molecule has 0 aliphatic heterocycles. The quantitative estimate of drug-likeness (QED) is 0.334. The second-order valence-electron chi connectivity index (χ2n) is 10.1. The molecule has 0 saturated carbocycles. The number of ketones is 3. The van der Waals surface area contributed by atoms with Crippen molar-refractivity contribution in [1.82, 2.24) is 0 Å². The normalized spacial score (nSPS) is 15.6. The Balaban J connectivity index is 0.000000194. The molecule has 0 atom stereocenters. The van der Waals surface area contributed by atoms with Gasteiger partial charge in [0.25, 0.3) is 11.6 Å². The lowest BCUT2D eigenvalue weighted by Crippen LogP contribution is -2.22. The fraction of sp³-hybridized carbons (Fsp3) is 0.172. The van der Waals surface area contributed by atoms with Gasteiger partial charge in [-0.3, -0.25) is 14.4 Å². The van der Waals surface area contributed by atoms with E-state index >= 15 is 0 Å². The van der Waals surface area contributed by atoms with Gasteiger partial charge in [0.15, 0.2) is 29.5 Å². The van der Waals surface area contributed by atoms with E-state index in [9.17, 15) is 39.6 Å². The van der Waals surface area contributed by atoms with Gasteiger partial charge in [-0.25, -0.2) is 25.3 Å². The molecule has 0 aromatic heterocycles. The summed E-state index contributed by atoms with van der Waals surface area (Å²) in [6, 6.07) is 10.7. The first-order valence-electron chi connectivity index (χ1n) is 13.1. The van der Waals surface area contributed by atoms with Gasteiger partial charge in [0, 0.05) is 59.6 Å². The number of allylic oxidation sites excluding steroid dienone is 4. The Morgan fingerprint density at radius 2 is 1.13 bits per heavy atom. The summed E-state index contributed by atoms with van der Waals surface area (Å²) in [6.45, 7) is 0. The lowest BCUT2D eigenvalue weighted by atomic mass is 9.95. The largest absolute Gasteiger partial charge is 0.364 e. The van der Waals surface area contributed by atoms with Crippen LogP contribution in [0.3, 0.4) is 0 Å². The Bertz CT molecular complexity index is 2340. The van der Waals surface area contributed by atoms with Crippen molar-refractivity contribution in [1.29, 1.82) is 0 Å². The number of carbonyl (C=O) groups is 3. The minimum absolute atomic E-state index is 0.0134. The van der Waals surface area contributed by atoms with Gasteiger partial charge in [0.2, 0.25) is 5.78 Å². The summed E-state index contributed by atoms with van der Waals surface area (Å²) in [4.78, 5) is 43.2. The van der Waals surface area contributed by atoms with Crippen LogP contribution < -0.4 is 0 Å². The maximum Gasteiger partial charge on any atom is 0.364 e. The van der Waals surface area contributed by atoms with Crippen LogP contribution in [-0.4, -0.2) is 92.9 Å². The fourth-order valence-corrected chi connectivity index (χ4v) is 7.03. The molecule has 0 heterocycles. The zero-order chi connectivity index (χ0) is 35.3. The topological polar surface area (TPSA) is 263 Å². The Hall–Kier alpha value is -5.34. The summed E-state index contributed by atoms with van der Waals surface area (Å²) < 4.78 is 68.4. The van der Waals surface area contributed by atoms with Crippen molar-refractivity contribution in [2.75, 3.05) is 18.8 Å². The van der Waals surface area contributed by atoms with E-state index in [1.807, 2.05) is 0 Å². The van der Waals surface area contributed by atoms with Gasteiger partial charge in [-0.2, -0.15) is 14.4 Å². The summed E-state index contributed by atoms with van der Waals surface area (Å²) in [5.74, 6) is -1.32. The van der Waals surface area contributed by atoms with Crippen LogP contribution in [0.1, 0.15) is 44.7 Å². The molecule has 0 radical (unpaired) electrons. The third kappa shape index (κ3) is 8.28. The monoisotopic (exact) mass is 696 g/mol. The van der Waals surface area contributed by atoms with Crippen molar-refractivity contribution in [2.24, 2.45) is 0 Å². The summed E-state index contributed by atoms with van der Waals surface area (Å²) >= 11 is 0. The van der Waals surface area contributed by atoms with E-state index in [1.165, 1.54) is 36.4 Å². The van der Waals surface area contributed by atoms with Crippen LogP contribution in [-0.2, 0) is 34.3 Å². The van der Waals surface area contributed by atoms with E-state index in [0.29, 0.717) is 11.1 Å². The van der Waals surface area contributed by atoms with Crippen LogP contribution in [0.25, 0.3) is 27.6 Å². The molecule has 0 amide bonds. The van der Waals surface area contributed by atoms with Gasteiger partial charge in [-0.05, 0) is 18.6 Å². The van der Waals surface area contributed by atoms with Crippen LogP contribution in [0.15, 0.2) is 70.5 Å². The van der Waals surface area contributed by atoms with Gasteiger partial charge in [0.05, 0.1) is 20.8 Å². The third-order valence-electron chi connectivity index (χ3n) is 6.67. The number of Topliss-reactive ketones (excluding diaryl/α,β-unsaturated/α-hetero) is 3. The van der Waals surface area contributed by atoms with Crippen LogP contribution in [0, 0.1) is 0 Å². The van der Waals surface area contributed by atoms with E-state index in [0.717, 1.165) is 30.9 Å². The summed E-state index contributed by atoms with van der Waals surface area (Å²) in [7, 11) is -10.2. The smallest absolute Gasteiger partial charge is 0.361 e. The molecule has 3 aliphatic rings. The SMILES string of the molecule is CS(=O)(=O)C1=CC(=[N+]=[N-])C(=O)CC1.CS(=O)(=O)C1=CC(=[N+]=[N-])C(=O)c2ccccc21.CS(=O)(=O)c1cccc2c1C=CC(=[N+]=[N-])C2=O. The Kier molecular flexibility index (Phi) is 10.7. The van der Waals surface area contributed by atoms with Crippen molar-refractivity contribution in [2.45, 2.75) is 17.7 Å². The lowest BCUT2D eigenvalue weighted by molar-refractivity contribution is -0.117. The standard InChI is InChI=1S/2C11H8N2O3S.C7H8N2O3S/c1-17(15,16)10-4-2-3-8-7(10)5-6-9(13-12)11(8)14;1-17(15,16)10-6-9(13-12)11(14)8-5-3-2-4-7(8)10;1-13(11,12)5-2-3-7(10)6(4-5)9-8/h2*2-6H,1H3;4H,2-3H2,1H3. The van der Waals surface area contributed by atoms with Gasteiger partial charge in [-0.1, -0.05) is 36.4 Å². The van der Waals surface area contributed by atoms with Crippen molar-refractivity contribution in [3.8, 4) is 0 Å². The molecule has 0 unspecified atom stereocenters. The minimum Gasteiger partial charge on any atom is -0.361 e. The number of hydrogen-bond donors (Lipinski definition) is 0. The van der Waals surface area contributed by atoms with Gasteiger partial charge in [-0.15, -0.1) is 0 Å². The summed E-state index contributed by atoms with van der Waals surface area (Å²) in [5, 5.41) is 0. The summed E-state index contributed by atoms with van der Waals surface area (Å²) in [5.41, 5.74) is 26.2. The average Bonchev–Trinajstić information content (AvgIpc) is 3.00. The molecule has 15 nitrogen and oxygen atoms in total. The number of fused-ring (bicyclic) bond motifs is 2. The van der Waals surface area contributed by atoms with Crippen molar-refractivity contribution >= 4 is 75.0 Å². The van der Waals surface area contributed by atoms with E-state index in [2.05, 4.69) is 14.4 Å². The van der Waals surface area contributed by atoms with Gasteiger partial charge in [0.1, 0.15) is 0 Å². The Morgan fingerprint density at radius 3 is 1.66 bits per heavy atom. The predicted molar refractivity (Wildman–Crippen MR) is 170 cm³/mol. The zero-order valence-electron chi connectivity index (χ0n) is 24.8. The first-order chi connectivity index (χ1) is 21.8. The first-order valence-corrected chi connectivity index (χ1v) is 18.7. The molecule has 0 fully saturated rings. The van der Waals surface area contributed by atoms with E-state index in [1.54, 1.807) is 18.2 Å². The molecule has 18 heteroatoms. The van der Waals surface area contributed by atoms with E-state index < -0.39 is 41.1 Å². The van der Waals surface area contributed by atoms with Crippen LogP contribution in [0.2, 0.25) is 0 Å². The minimum atomic E-state index is -3.49. The Labute approximate surface area is 269 Å². The lowest BCUT2D eigenvalue weighted by Gasteiger charge is -2.12. The number of rotatable bonds is 3. The molecule has 0 spiro atoms. The molecule has 0 saturated heterocycles. The highest BCUT2D eigenvalue weighted by atomic mass is 32.2. The van der Waals surface area contributed by atoms with Gasteiger partial charge >= 0.3 is 17.1 Å². The maximum absolute atomic E-state index is 11.8. The van der Waals surface area contributed by atoms with E-state index in [-0.39, 0.29) is 61.6 Å². The van der Waals surface area contributed by atoms with Crippen molar-refractivity contribution in [3.63, 3.8) is 0 Å². The van der Waals surface area contributed by atoms with Crippen molar-refractivity contribution < 1.29 is 54.0 Å². The zero-order valence-corrected chi connectivity index (χ0v) is 27.3. The number of sulfone groups is 3. The number of nitrogens with zero attached hydrogens (tertiary/aromatic N) is 6. The van der Waals surface area contributed by atoms with Gasteiger partial charge < -0.3 is 16.6 Å². The molecule has 5 rings (SSSR count). The molecular formula is C29H24N6O9S3. The van der Waals surface area contributed by atoms with Crippen molar-refractivity contribution in [3.05, 3.63) is 104 Å². The van der Waals surface area contributed by atoms with Crippen LogP contribution in [0.5, 0.6) is 0 Å². The Morgan fingerprint density at radius 1 is 0.574 bits per heavy atom. The summed E-state index contributed by atoms with van der Waals surface area (Å²) in [6.07, 6.45) is 8.40. The molecular weight excluding hydrogens is 673 g/mol. The second kappa shape index (κ2) is 14.0. The number of hydrogen-bond acceptors (Lipinski definition) is 9. The molecule has 2 aromatic rings. The molecule has 0 bridgehead atoms. The fourth-order valence-electron chi connectivity index (χ4n) is 4.42. The number of benzene rings is 2. The maximum atomic E-state index is 11.8. The molecule has 2 aromatic carbocycles. The predicted octanol–water partition coefficient (Wildman–Crippen LogP) is 1.86. The third-order valence-corrected chi connectivity index (χ3v) is 10.2. The molecule has 242 valence electrons. The second-order valence-corrected chi connectivity index (χ2v) is 16.1. The van der Waals surface area contributed by atoms with Crippen LogP contribution >= 0.6 is 0 Å². The highest BCUT2D eigenvalue weighted by Gasteiger charge is 2.33. The molecule has 47 heavy (non-hydrogen) atoms. The first kappa shape index (κ1) is 36.1. The number of carbonyl (C=O) groups excluding carboxylic acids is 3.